The van der Waals surface area contributed by atoms with E-state index in [0.29, 0.717) is 30.8 Å². The first-order chi connectivity index (χ1) is 11.0. The lowest BCUT2D eigenvalue weighted by Gasteiger charge is -2.36. The van der Waals surface area contributed by atoms with Crippen LogP contribution in [0.15, 0.2) is 17.5 Å². The van der Waals surface area contributed by atoms with Gasteiger partial charge in [0.25, 0.3) is 5.91 Å². The van der Waals surface area contributed by atoms with Crippen LogP contribution in [-0.2, 0) is 4.79 Å². The number of carbonyl (C=O) groups excluding carboxylic acids is 2. The summed E-state index contributed by atoms with van der Waals surface area (Å²) in [6.45, 7) is 4.49. The van der Waals surface area contributed by atoms with E-state index in [0.717, 1.165) is 19.3 Å². The molecule has 6 heteroatoms. The molecule has 1 atom stereocenters. The van der Waals surface area contributed by atoms with E-state index in [1.54, 1.807) is 11.3 Å². The number of amides is 3. The Morgan fingerprint density at radius 1 is 1.35 bits per heavy atom. The average Bonchev–Trinajstić information content (AvgIpc) is 3.10. The average molecular weight is 335 g/mol. The fourth-order valence-electron chi connectivity index (χ4n) is 3.67. The predicted molar refractivity (Wildman–Crippen MR) is 91.3 cm³/mol. The second-order valence-corrected chi connectivity index (χ2v) is 8.11. The summed E-state index contributed by atoms with van der Waals surface area (Å²) in [6, 6.07) is 4.72. The van der Waals surface area contributed by atoms with Crippen LogP contribution in [0.25, 0.3) is 0 Å². The molecule has 1 unspecified atom stereocenters. The molecule has 1 saturated carbocycles. The van der Waals surface area contributed by atoms with Crippen molar-refractivity contribution in [3.05, 3.63) is 22.4 Å². The van der Waals surface area contributed by atoms with E-state index in [1.807, 2.05) is 0 Å². The third kappa shape index (κ3) is 3.58. The number of thiophene rings is 1. The minimum absolute atomic E-state index is 0.155. The number of urea groups is 1. The van der Waals surface area contributed by atoms with Crippen molar-refractivity contribution in [3.8, 4) is 0 Å². The molecular formula is C17H25N3O2S. The molecule has 126 valence electrons. The van der Waals surface area contributed by atoms with Gasteiger partial charge in [-0.15, -0.1) is 11.3 Å². The van der Waals surface area contributed by atoms with E-state index >= 15 is 0 Å². The van der Waals surface area contributed by atoms with Crippen LogP contribution in [-0.4, -0.2) is 23.5 Å². The fourth-order valence-corrected chi connectivity index (χ4v) is 4.47. The summed E-state index contributed by atoms with van der Waals surface area (Å²) in [5.74, 6) is 0.474. The topological polar surface area (TPSA) is 70.2 Å². The smallest absolute Gasteiger partial charge is 0.322 e. The lowest BCUT2D eigenvalue weighted by atomic mass is 9.79. The van der Waals surface area contributed by atoms with Crippen molar-refractivity contribution >= 4 is 23.3 Å². The number of rotatable bonds is 5. The van der Waals surface area contributed by atoms with Gasteiger partial charge in [0.05, 0.1) is 0 Å². The number of hydrogen-bond acceptors (Lipinski definition) is 4. The molecular weight excluding hydrogens is 310 g/mol. The van der Waals surface area contributed by atoms with E-state index in [4.69, 9.17) is 0 Å². The minimum atomic E-state index is -0.661. The summed E-state index contributed by atoms with van der Waals surface area (Å²) >= 11 is 1.80. The molecule has 23 heavy (non-hydrogen) atoms. The van der Waals surface area contributed by atoms with Gasteiger partial charge in [-0.3, -0.25) is 10.1 Å². The second-order valence-electron chi connectivity index (χ2n) is 7.13. The molecule has 2 aliphatic rings. The summed E-state index contributed by atoms with van der Waals surface area (Å²) in [4.78, 5) is 24.8. The predicted octanol–water partition coefficient (Wildman–Crippen LogP) is 2.95. The summed E-state index contributed by atoms with van der Waals surface area (Å²) in [5.41, 5.74) is -0.661. The van der Waals surface area contributed by atoms with E-state index in [-0.39, 0.29) is 11.9 Å². The molecule has 0 radical (unpaired) electrons. The van der Waals surface area contributed by atoms with Gasteiger partial charge in [-0.1, -0.05) is 19.9 Å². The Kier molecular flexibility index (Phi) is 4.73. The SMILES string of the molecule is CC(C)CC(NC1CCC2(CC1)NC(=O)NC2=O)c1cccs1. The zero-order valence-electron chi connectivity index (χ0n) is 13.7. The molecule has 1 spiro atoms. The number of nitrogens with one attached hydrogen (secondary N) is 3. The maximum Gasteiger partial charge on any atom is 0.322 e. The number of hydrogen-bond donors (Lipinski definition) is 3. The van der Waals surface area contributed by atoms with Gasteiger partial charge in [-0.25, -0.2) is 4.79 Å². The van der Waals surface area contributed by atoms with Crippen molar-refractivity contribution in [2.45, 2.75) is 63.6 Å². The largest absolute Gasteiger partial charge is 0.323 e. The molecule has 3 N–H and O–H groups in total. The summed E-state index contributed by atoms with van der Waals surface area (Å²) < 4.78 is 0. The highest BCUT2D eigenvalue weighted by molar-refractivity contribution is 7.10. The third-order valence-corrected chi connectivity index (χ3v) is 5.87. The van der Waals surface area contributed by atoms with Crippen LogP contribution >= 0.6 is 11.3 Å². The molecule has 1 aliphatic carbocycles. The van der Waals surface area contributed by atoms with Crippen LogP contribution in [0, 0.1) is 5.92 Å². The van der Waals surface area contributed by atoms with E-state index < -0.39 is 5.54 Å². The normalized spacial score (nSPS) is 28.9. The van der Waals surface area contributed by atoms with E-state index in [9.17, 15) is 9.59 Å². The maximum absolute atomic E-state index is 12.0. The quantitative estimate of drug-likeness (QED) is 0.725. The van der Waals surface area contributed by atoms with Gasteiger partial charge in [0.1, 0.15) is 5.54 Å². The molecule has 1 aliphatic heterocycles. The maximum atomic E-state index is 12.0. The standard InChI is InChI=1S/C17H25N3O2S/c1-11(2)10-13(14-4-3-9-23-14)18-12-5-7-17(8-6-12)15(21)19-16(22)20-17/h3-4,9,11-13,18H,5-8,10H2,1-2H3,(H2,19,20,21,22). The highest BCUT2D eigenvalue weighted by Gasteiger charge is 2.48. The van der Waals surface area contributed by atoms with Crippen LogP contribution in [0.5, 0.6) is 0 Å². The van der Waals surface area contributed by atoms with E-state index in [2.05, 4.69) is 47.3 Å². The first kappa shape index (κ1) is 16.5. The van der Waals surface area contributed by atoms with Crippen molar-refractivity contribution in [1.29, 1.82) is 0 Å². The Bertz CT molecular complexity index is 562. The zero-order valence-corrected chi connectivity index (χ0v) is 14.5. The molecule has 0 bridgehead atoms. The first-order valence-corrected chi connectivity index (χ1v) is 9.29. The Labute approximate surface area is 141 Å². The molecule has 2 heterocycles. The Morgan fingerprint density at radius 3 is 2.61 bits per heavy atom. The highest BCUT2D eigenvalue weighted by atomic mass is 32.1. The second kappa shape index (κ2) is 6.61. The Hall–Kier alpha value is -1.40. The van der Waals surface area contributed by atoms with Gasteiger partial charge in [0, 0.05) is 17.0 Å². The van der Waals surface area contributed by atoms with Crippen LogP contribution in [0.1, 0.15) is 56.9 Å². The van der Waals surface area contributed by atoms with Crippen LogP contribution < -0.4 is 16.0 Å². The molecule has 3 amide bonds. The summed E-state index contributed by atoms with van der Waals surface area (Å²) in [7, 11) is 0. The van der Waals surface area contributed by atoms with E-state index in [1.165, 1.54) is 4.88 Å². The van der Waals surface area contributed by atoms with Crippen molar-refractivity contribution < 1.29 is 9.59 Å². The highest BCUT2D eigenvalue weighted by Crippen LogP contribution is 2.33. The molecule has 2 fully saturated rings. The van der Waals surface area contributed by atoms with Gasteiger partial charge in [0.15, 0.2) is 0 Å². The fraction of sp³-hybridized carbons (Fsp3) is 0.647. The van der Waals surface area contributed by atoms with Crippen LogP contribution in [0.2, 0.25) is 0 Å². The van der Waals surface area contributed by atoms with Gasteiger partial charge in [0.2, 0.25) is 0 Å². The summed E-state index contributed by atoms with van der Waals surface area (Å²) in [5, 5.41) is 11.1. The van der Waals surface area contributed by atoms with Gasteiger partial charge in [-0.05, 0) is 49.5 Å². The molecule has 5 nitrogen and oxygen atoms in total. The molecule has 1 saturated heterocycles. The van der Waals surface area contributed by atoms with Crippen molar-refractivity contribution in [1.82, 2.24) is 16.0 Å². The molecule has 1 aromatic rings. The van der Waals surface area contributed by atoms with Crippen molar-refractivity contribution in [2.24, 2.45) is 5.92 Å². The Balaban J connectivity index is 1.60. The Morgan fingerprint density at radius 2 is 2.09 bits per heavy atom. The van der Waals surface area contributed by atoms with Crippen LogP contribution in [0.4, 0.5) is 4.79 Å². The van der Waals surface area contributed by atoms with Crippen molar-refractivity contribution in [2.75, 3.05) is 0 Å². The lowest BCUT2D eigenvalue weighted by Crippen LogP contribution is -2.52. The van der Waals surface area contributed by atoms with Gasteiger partial charge in [-0.2, -0.15) is 0 Å². The lowest BCUT2D eigenvalue weighted by molar-refractivity contribution is -0.125. The minimum Gasteiger partial charge on any atom is -0.323 e. The van der Waals surface area contributed by atoms with Crippen LogP contribution in [0.3, 0.4) is 0 Å². The summed E-state index contributed by atoms with van der Waals surface area (Å²) in [6.07, 6.45) is 4.35. The van der Waals surface area contributed by atoms with Gasteiger partial charge >= 0.3 is 6.03 Å². The number of imide groups is 1. The molecule has 1 aromatic heterocycles. The monoisotopic (exact) mass is 335 g/mol. The number of carbonyl (C=O) groups is 2. The molecule has 3 rings (SSSR count). The van der Waals surface area contributed by atoms with Crippen molar-refractivity contribution in [3.63, 3.8) is 0 Å². The first-order valence-electron chi connectivity index (χ1n) is 8.41. The van der Waals surface area contributed by atoms with Gasteiger partial charge < -0.3 is 10.6 Å². The third-order valence-electron chi connectivity index (χ3n) is 4.88. The molecule has 0 aromatic carbocycles. The zero-order chi connectivity index (χ0) is 16.4.